The van der Waals surface area contributed by atoms with Crippen molar-refractivity contribution in [3.63, 3.8) is 0 Å². The van der Waals surface area contributed by atoms with Crippen LogP contribution in [0.5, 0.6) is 5.75 Å². The van der Waals surface area contributed by atoms with Crippen molar-refractivity contribution in [2.24, 2.45) is 0 Å². The normalized spacial score (nSPS) is 12.1. The second kappa shape index (κ2) is 9.64. The number of aryl methyl sites for hydroxylation is 3. The van der Waals surface area contributed by atoms with E-state index in [2.05, 4.69) is 32.3 Å². The van der Waals surface area contributed by atoms with Gasteiger partial charge in [-0.2, -0.15) is 4.98 Å². The number of hydrogen-bond acceptors (Lipinski definition) is 9. The molecule has 3 N–H and O–H groups in total. The first kappa shape index (κ1) is 21.7. The number of aliphatic hydroxyl groups is 2. The number of rotatable bonds is 9. The van der Waals surface area contributed by atoms with Crippen LogP contribution in [0, 0.1) is 20.8 Å². The minimum Gasteiger partial charge on any atom is -0.490 e. The first-order chi connectivity index (χ1) is 14.4. The molecule has 1 atom stereocenters. The Morgan fingerprint density at radius 2 is 1.83 bits per heavy atom. The fourth-order valence-corrected chi connectivity index (χ4v) is 2.98. The average molecular weight is 413 g/mol. The van der Waals surface area contributed by atoms with Crippen molar-refractivity contribution in [3.8, 4) is 28.7 Å². The van der Waals surface area contributed by atoms with Crippen LogP contribution in [0.4, 0.5) is 5.95 Å². The summed E-state index contributed by atoms with van der Waals surface area (Å²) in [5.41, 5.74) is 3.88. The minimum atomic E-state index is -0.920. The molecule has 1 unspecified atom stereocenters. The van der Waals surface area contributed by atoms with Gasteiger partial charge in [0.25, 0.3) is 5.89 Å². The van der Waals surface area contributed by atoms with Crippen molar-refractivity contribution in [1.82, 2.24) is 20.1 Å². The van der Waals surface area contributed by atoms with E-state index in [0.717, 1.165) is 35.3 Å². The molecule has 3 rings (SSSR count). The lowest BCUT2D eigenvalue weighted by atomic mass is 10.1. The number of aromatic nitrogens is 4. The Morgan fingerprint density at radius 1 is 1.10 bits per heavy atom. The molecule has 2 aromatic heterocycles. The number of aliphatic hydroxyl groups excluding tert-OH is 2. The highest BCUT2D eigenvalue weighted by Crippen LogP contribution is 2.30. The molecule has 1 aromatic carbocycles. The maximum Gasteiger partial charge on any atom is 0.277 e. The molecular weight excluding hydrogens is 386 g/mol. The summed E-state index contributed by atoms with van der Waals surface area (Å²) in [6.07, 6.45) is 0.0469. The summed E-state index contributed by atoms with van der Waals surface area (Å²) in [5, 5.41) is 25.7. The molecule has 2 heterocycles. The fourth-order valence-electron chi connectivity index (χ4n) is 2.98. The number of nitrogens with zero attached hydrogens (tertiary/aromatic N) is 4. The number of hydrogen-bond donors (Lipinski definition) is 3. The first-order valence-corrected chi connectivity index (χ1v) is 9.88. The molecule has 0 saturated heterocycles. The van der Waals surface area contributed by atoms with Crippen LogP contribution >= 0.6 is 0 Å². The van der Waals surface area contributed by atoms with Crippen molar-refractivity contribution in [2.75, 3.05) is 25.1 Å². The molecule has 0 aliphatic heterocycles. The van der Waals surface area contributed by atoms with Crippen LogP contribution in [0.25, 0.3) is 23.0 Å². The summed E-state index contributed by atoms with van der Waals surface area (Å²) >= 11 is 0. The molecule has 160 valence electrons. The van der Waals surface area contributed by atoms with E-state index in [1.54, 1.807) is 6.07 Å². The zero-order valence-corrected chi connectivity index (χ0v) is 17.6. The predicted molar refractivity (Wildman–Crippen MR) is 112 cm³/mol. The van der Waals surface area contributed by atoms with E-state index in [0.29, 0.717) is 29.1 Å². The third-order valence-corrected chi connectivity index (χ3v) is 4.38. The van der Waals surface area contributed by atoms with Crippen LogP contribution in [0.1, 0.15) is 30.2 Å². The smallest absolute Gasteiger partial charge is 0.277 e. The molecule has 0 aliphatic rings. The summed E-state index contributed by atoms with van der Waals surface area (Å²) in [7, 11) is 0. The molecule has 0 amide bonds. The van der Waals surface area contributed by atoms with E-state index < -0.39 is 6.10 Å². The Kier molecular flexibility index (Phi) is 6.96. The van der Waals surface area contributed by atoms with Gasteiger partial charge in [0.2, 0.25) is 11.8 Å². The maximum atomic E-state index is 9.51. The van der Waals surface area contributed by atoms with Gasteiger partial charge in [0.05, 0.1) is 6.61 Å². The largest absolute Gasteiger partial charge is 0.490 e. The highest BCUT2D eigenvalue weighted by molar-refractivity contribution is 5.63. The zero-order valence-electron chi connectivity index (χ0n) is 17.6. The van der Waals surface area contributed by atoms with Crippen molar-refractivity contribution in [2.45, 2.75) is 40.2 Å². The lowest BCUT2D eigenvalue weighted by Crippen LogP contribution is -2.21. The minimum absolute atomic E-state index is 0.0192. The first-order valence-electron chi connectivity index (χ1n) is 9.88. The standard InChI is InChI=1S/C21H27N5O4/c1-5-6-22-21-23-14(4)9-17(24-21)20-25-19(26-30-20)15-7-12(2)18(13(3)8-15)29-11-16(28)10-27/h7-9,16,27-28H,5-6,10-11H2,1-4H3,(H,22,23,24). The summed E-state index contributed by atoms with van der Waals surface area (Å²) < 4.78 is 11.1. The third-order valence-electron chi connectivity index (χ3n) is 4.38. The van der Waals surface area contributed by atoms with Crippen LogP contribution in [-0.4, -0.2) is 56.2 Å². The molecule has 3 aromatic rings. The molecule has 0 fully saturated rings. The van der Waals surface area contributed by atoms with E-state index in [-0.39, 0.29) is 13.2 Å². The molecule has 9 nitrogen and oxygen atoms in total. The molecule has 0 bridgehead atoms. The Bertz CT molecular complexity index is 982. The van der Waals surface area contributed by atoms with E-state index in [1.165, 1.54) is 0 Å². The lowest BCUT2D eigenvalue weighted by Gasteiger charge is -2.15. The monoisotopic (exact) mass is 413 g/mol. The van der Waals surface area contributed by atoms with Gasteiger partial charge in [0.1, 0.15) is 24.2 Å². The van der Waals surface area contributed by atoms with Gasteiger partial charge >= 0.3 is 0 Å². The lowest BCUT2D eigenvalue weighted by molar-refractivity contribution is 0.0532. The maximum absolute atomic E-state index is 9.51. The fraction of sp³-hybridized carbons (Fsp3) is 0.429. The summed E-state index contributed by atoms with van der Waals surface area (Å²) in [6, 6.07) is 5.58. The van der Waals surface area contributed by atoms with Gasteiger partial charge in [-0.1, -0.05) is 12.1 Å². The van der Waals surface area contributed by atoms with Gasteiger partial charge in [0.15, 0.2) is 0 Å². The summed E-state index contributed by atoms with van der Waals surface area (Å²) in [5.74, 6) is 1.95. The van der Waals surface area contributed by atoms with Gasteiger partial charge in [-0.15, -0.1) is 0 Å². The van der Waals surface area contributed by atoms with Crippen LogP contribution in [-0.2, 0) is 0 Å². The van der Waals surface area contributed by atoms with Crippen LogP contribution in [0.2, 0.25) is 0 Å². The highest BCUT2D eigenvalue weighted by atomic mass is 16.5. The van der Waals surface area contributed by atoms with E-state index in [1.807, 2.05) is 32.9 Å². The topological polar surface area (TPSA) is 126 Å². The molecule has 0 spiro atoms. The Morgan fingerprint density at radius 3 is 2.50 bits per heavy atom. The van der Waals surface area contributed by atoms with E-state index in [4.69, 9.17) is 14.4 Å². The number of anilines is 1. The molecule has 30 heavy (non-hydrogen) atoms. The van der Waals surface area contributed by atoms with Gasteiger partial charge < -0.3 is 24.8 Å². The quantitative estimate of drug-likeness (QED) is 0.485. The number of nitrogens with one attached hydrogen (secondary N) is 1. The second-order valence-electron chi connectivity index (χ2n) is 7.15. The molecular formula is C21H27N5O4. The molecule has 0 radical (unpaired) electrons. The van der Waals surface area contributed by atoms with Gasteiger partial charge in [0, 0.05) is 17.8 Å². The SMILES string of the molecule is CCCNc1nc(C)cc(-c2nc(-c3cc(C)c(OCC(O)CO)c(C)c3)no2)n1. The van der Waals surface area contributed by atoms with E-state index in [9.17, 15) is 5.11 Å². The van der Waals surface area contributed by atoms with Crippen molar-refractivity contribution < 1.29 is 19.5 Å². The highest BCUT2D eigenvalue weighted by Gasteiger charge is 2.16. The van der Waals surface area contributed by atoms with Crippen LogP contribution in [0.15, 0.2) is 22.7 Å². The van der Waals surface area contributed by atoms with Gasteiger partial charge in [-0.25, -0.2) is 9.97 Å². The van der Waals surface area contributed by atoms with E-state index >= 15 is 0 Å². The Labute approximate surface area is 175 Å². The average Bonchev–Trinajstić information content (AvgIpc) is 3.21. The molecule has 0 saturated carbocycles. The van der Waals surface area contributed by atoms with Crippen molar-refractivity contribution >= 4 is 5.95 Å². The summed E-state index contributed by atoms with van der Waals surface area (Å²) in [6.45, 7) is 8.21. The summed E-state index contributed by atoms with van der Waals surface area (Å²) in [4.78, 5) is 13.3. The molecule has 0 aliphatic carbocycles. The number of benzene rings is 1. The second-order valence-corrected chi connectivity index (χ2v) is 7.15. The van der Waals surface area contributed by atoms with Gasteiger partial charge in [-0.3, -0.25) is 0 Å². The Hall–Kier alpha value is -3.04. The zero-order chi connectivity index (χ0) is 21.7. The van der Waals surface area contributed by atoms with Crippen molar-refractivity contribution in [1.29, 1.82) is 0 Å². The molecule has 9 heteroatoms. The third kappa shape index (κ3) is 5.11. The van der Waals surface area contributed by atoms with Crippen LogP contribution in [0.3, 0.4) is 0 Å². The Balaban J connectivity index is 1.85. The van der Waals surface area contributed by atoms with Gasteiger partial charge in [-0.05, 0) is 56.5 Å². The predicted octanol–water partition coefficient (Wildman–Crippen LogP) is 2.67. The van der Waals surface area contributed by atoms with Crippen LogP contribution < -0.4 is 10.1 Å². The number of ether oxygens (including phenoxy) is 1. The van der Waals surface area contributed by atoms with Crippen molar-refractivity contribution in [3.05, 3.63) is 35.0 Å².